The van der Waals surface area contributed by atoms with Crippen molar-refractivity contribution in [2.24, 2.45) is 0 Å². The minimum Gasteiger partial charge on any atom is -0.373 e. The maximum atomic E-state index is 12.5. The van der Waals surface area contributed by atoms with Crippen molar-refractivity contribution in [3.63, 3.8) is 0 Å². The molecule has 24 heavy (non-hydrogen) atoms. The summed E-state index contributed by atoms with van der Waals surface area (Å²) in [6.07, 6.45) is 3.06. The number of nitrogens with one attached hydrogen (secondary N) is 1. The van der Waals surface area contributed by atoms with Gasteiger partial charge in [-0.25, -0.2) is 0 Å². The number of thiophene rings is 1. The van der Waals surface area contributed by atoms with E-state index < -0.39 is 0 Å². The van der Waals surface area contributed by atoms with Crippen molar-refractivity contribution in [2.45, 2.75) is 37.5 Å². The SMILES string of the molecule is O=C(NC1CCC2OCCOC2C1)c1ccc(-c2ccsc2)cc1. The van der Waals surface area contributed by atoms with E-state index in [4.69, 9.17) is 9.47 Å². The molecule has 1 aromatic carbocycles. The molecule has 1 aliphatic heterocycles. The number of amides is 1. The van der Waals surface area contributed by atoms with Crippen LogP contribution in [0.2, 0.25) is 0 Å². The Kier molecular flexibility index (Phi) is 4.65. The maximum Gasteiger partial charge on any atom is 0.251 e. The predicted octanol–water partition coefficient (Wildman–Crippen LogP) is 3.48. The summed E-state index contributed by atoms with van der Waals surface area (Å²) in [5, 5.41) is 7.32. The first kappa shape index (κ1) is 15.8. The average molecular weight is 343 g/mol. The number of carbonyl (C=O) groups excluding carboxylic acids is 1. The van der Waals surface area contributed by atoms with Gasteiger partial charge >= 0.3 is 0 Å². The molecule has 1 saturated carbocycles. The zero-order valence-corrected chi connectivity index (χ0v) is 14.3. The highest BCUT2D eigenvalue weighted by atomic mass is 32.1. The molecule has 3 unspecified atom stereocenters. The van der Waals surface area contributed by atoms with E-state index in [2.05, 4.69) is 22.1 Å². The summed E-state index contributed by atoms with van der Waals surface area (Å²) in [4.78, 5) is 12.5. The Balaban J connectivity index is 1.37. The van der Waals surface area contributed by atoms with Crippen LogP contribution in [0.3, 0.4) is 0 Å². The third kappa shape index (κ3) is 3.38. The third-order valence-electron chi connectivity index (χ3n) is 4.82. The quantitative estimate of drug-likeness (QED) is 0.928. The zero-order chi connectivity index (χ0) is 16.4. The van der Waals surface area contributed by atoms with Crippen molar-refractivity contribution in [3.05, 3.63) is 46.7 Å². The first-order valence-electron chi connectivity index (χ1n) is 8.46. The van der Waals surface area contributed by atoms with Crippen LogP contribution in [0.25, 0.3) is 11.1 Å². The summed E-state index contributed by atoms with van der Waals surface area (Å²) in [5.41, 5.74) is 3.04. The summed E-state index contributed by atoms with van der Waals surface area (Å²) in [5.74, 6) is -0.00736. The van der Waals surface area contributed by atoms with Gasteiger partial charge in [0.15, 0.2) is 0 Å². The highest BCUT2D eigenvalue weighted by molar-refractivity contribution is 7.08. The van der Waals surface area contributed by atoms with E-state index in [-0.39, 0.29) is 24.2 Å². The molecular formula is C19H21NO3S. The molecule has 2 heterocycles. The van der Waals surface area contributed by atoms with Crippen molar-refractivity contribution in [1.82, 2.24) is 5.32 Å². The molecule has 1 amide bonds. The van der Waals surface area contributed by atoms with Crippen molar-refractivity contribution in [2.75, 3.05) is 13.2 Å². The molecule has 1 aromatic heterocycles. The van der Waals surface area contributed by atoms with E-state index in [1.54, 1.807) is 11.3 Å². The average Bonchev–Trinajstić information content (AvgIpc) is 3.16. The Morgan fingerprint density at radius 1 is 1.00 bits per heavy atom. The fourth-order valence-corrected chi connectivity index (χ4v) is 4.17. The van der Waals surface area contributed by atoms with Crippen molar-refractivity contribution in [3.8, 4) is 11.1 Å². The lowest BCUT2D eigenvalue weighted by atomic mass is 9.89. The summed E-state index contributed by atoms with van der Waals surface area (Å²) < 4.78 is 11.5. The van der Waals surface area contributed by atoms with Crippen molar-refractivity contribution >= 4 is 17.2 Å². The summed E-state index contributed by atoms with van der Waals surface area (Å²) in [6.45, 7) is 1.35. The van der Waals surface area contributed by atoms with Gasteiger partial charge < -0.3 is 14.8 Å². The van der Waals surface area contributed by atoms with Gasteiger partial charge in [0.1, 0.15) is 0 Å². The summed E-state index contributed by atoms with van der Waals surface area (Å²) in [7, 11) is 0. The van der Waals surface area contributed by atoms with Crippen LogP contribution < -0.4 is 5.32 Å². The lowest BCUT2D eigenvalue weighted by Gasteiger charge is -2.39. The largest absolute Gasteiger partial charge is 0.373 e. The molecule has 1 aliphatic carbocycles. The fraction of sp³-hybridized carbons (Fsp3) is 0.421. The highest BCUT2D eigenvalue weighted by Gasteiger charge is 2.34. The van der Waals surface area contributed by atoms with Gasteiger partial charge in [-0.1, -0.05) is 12.1 Å². The zero-order valence-electron chi connectivity index (χ0n) is 13.4. The Hall–Kier alpha value is -1.69. The number of benzene rings is 1. The number of fused-ring (bicyclic) bond motifs is 1. The molecule has 2 fully saturated rings. The van der Waals surface area contributed by atoms with Crippen LogP contribution in [0.5, 0.6) is 0 Å². The molecule has 1 N–H and O–H groups in total. The van der Waals surface area contributed by atoms with Crippen molar-refractivity contribution < 1.29 is 14.3 Å². The molecule has 0 bridgehead atoms. The van der Waals surface area contributed by atoms with Crippen LogP contribution in [0.1, 0.15) is 29.6 Å². The first-order chi connectivity index (χ1) is 11.8. The standard InChI is InChI=1S/C19H21NO3S/c21-19(14-3-1-13(2-4-14)15-7-10-24-12-15)20-16-5-6-17-18(11-16)23-9-8-22-17/h1-4,7,10,12,16-18H,5-6,8-9,11H2,(H,20,21). The maximum absolute atomic E-state index is 12.5. The van der Waals surface area contributed by atoms with E-state index in [9.17, 15) is 4.79 Å². The van der Waals surface area contributed by atoms with Crippen LogP contribution in [0.4, 0.5) is 0 Å². The van der Waals surface area contributed by atoms with E-state index >= 15 is 0 Å². The molecule has 4 rings (SSSR count). The minimum absolute atomic E-state index is 0.00736. The number of ether oxygens (including phenoxy) is 2. The van der Waals surface area contributed by atoms with Crippen LogP contribution >= 0.6 is 11.3 Å². The van der Waals surface area contributed by atoms with Crippen molar-refractivity contribution in [1.29, 1.82) is 0 Å². The normalized spacial score (nSPS) is 26.6. The molecule has 0 radical (unpaired) electrons. The Morgan fingerprint density at radius 3 is 2.54 bits per heavy atom. The van der Waals surface area contributed by atoms with Gasteiger partial charge in [-0.2, -0.15) is 11.3 Å². The van der Waals surface area contributed by atoms with E-state index in [1.165, 1.54) is 5.56 Å². The Bertz CT molecular complexity index is 683. The van der Waals surface area contributed by atoms with Gasteiger partial charge in [-0.15, -0.1) is 0 Å². The van der Waals surface area contributed by atoms with Crippen LogP contribution in [0, 0.1) is 0 Å². The molecule has 4 nitrogen and oxygen atoms in total. The fourth-order valence-electron chi connectivity index (χ4n) is 3.51. The smallest absolute Gasteiger partial charge is 0.251 e. The third-order valence-corrected chi connectivity index (χ3v) is 5.50. The molecule has 2 aliphatic rings. The second-order valence-corrected chi connectivity index (χ2v) is 7.17. The predicted molar refractivity (Wildman–Crippen MR) is 94.3 cm³/mol. The topological polar surface area (TPSA) is 47.6 Å². The van der Waals surface area contributed by atoms with E-state index in [0.29, 0.717) is 18.8 Å². The van der Waals surface area contributed by atoms with Gasteiger partial charge in [0.05, 0.1) is 25.4 Å². The molecular weight excluding hydrogens is 322 g/mol. The van der Waals surface area contributed by atoms with Gasteiger partial charge in [0, 0.05) is 11.6 Å². The first-order valence-corrected chi connectivity index (χ1v) is 9.40. The lowest BCUT2D eigenvalue weighted by Crippen LogP contribution is -2.49. The summed E-state index contributed by atoms with van der Waals surface area (Å²) in [6, 6.07) is 10.1. The summed E-state index contributed by atoms with van der Waals surface area (Å²) >= 11 is 1.68. The molecule has 1 saturated heterocycles. The number of rotatable bonds is 3. The Labute approximate surface area is 145 Å². The van der Waals surface area contributed by atoms with Crippen LogP contribution in [0.15, 0.2) is 41.1 Å². The van der Waals surface area contributed by atoms with Crippen LogP contribution in [-0.4, -0.2) is 37.4 Å². The van der Waals surface area contributed by atoms with Gasteiger partial charge in [-0.05, 0) is 59.3 Å². The molecule has 126 valence electrons. The second-order valence-electron chi connectivity index (χ2n) is 6.39. The number of carbonyl (C=O) groups is 1. The second kappa shape index (κ2) is 7.05. The number of hydrogen-bond acceptors (Lipinski definition) is 4. The van der Waals surface area contributed by atoms with Gasteiger partial charge in [0.25, 0.3) is 5.91 Å². The molecule has 0 spiro atoms. The Morgan fingerprint density at radius 2 is 1.79 bits per heavy atom. The lowest BCUT2D eigenvalue weighted by molar-refractivity contribution is -0.157. The molecule has 2 aromatic rings. The number of hydrogen-bond donors (Lipinski definition) is 1. The highest BCUT2D eigenvalue weighted by Crippen LogP contribution is 2.27. The monoisotopic (exact) mass is 343 g/mol. The molecule has 3 atom stereocenters. The van der Waals surface area contributed by atoms with E-state index in [1.807, 2.05) is 24.3 Å². The van der Waals surface area contributed by atoms with Crippen LogP contribution in [-0.2, 0) is 9.47 Å². The van der Waals surface area contributed by atoms with E-state index in [0.717, 1.165) is 24.8 Å². The minimum atomic E-state index is -0.00736. The van der Waals surface area contributed by atoms with Gasteiger partial charge in [0.2, 0.25) is 0 Å². The van der Waals surface area contributed by atoms with Gasteiger partial charge in [-0.3, -0.25) is 4.79 Å². The molecule has 5 heteroatoms.